The van der Waals surface area contributed by atoms with Crippen molar-refractivity contribution in [1.29, 1.82) is 0 Å². The Balaban J connectivity index is 2.01. The standard InChI is InChI=1S/C16H14F3NO3S2/c1-25(22,23)14-8-10(9-24-14)15(21)20-7-3-4-11-12(16(17,18)19)5-2-6-13(11)20/h2,5-6,8-9H,3-4,7H2,1H3. The highest BCUT2D eigenvalue weighted by molar-refractivity contribution is 7.92. The summed E-state index contributed by atoms with van der Waals surface area (Å²) in [6.45, 7) is 0.289. The van der Waals surface area contributed by atoms with Gasteiger partial charge in [-0.2, -0.15) is 13.2 Å². The molecule has 1 aliphatic heterocycles. The SMILES string of the molecule is CS(=O)(=O)c1cc(C(=O)N2CCCc3c2cccc3C(F)(F)F)cs1. The summed E-state index contributed by atoms with van der Waals surface area (Å²) in [6.07, 6.45) is -2.79. The summed E-state index contributed by atoms with van der Waals surface area (Å²) in [4.78, 5) is 14.0. The molecule has 134 valence electrons. The van der Waals surface area contributed by atoms with Crippen LogP contribution in [0.2, 0.25) is 0 Å². The van der Waals surface area contributed by atoms with Gasteiger partial charge in [-0.05, 0) is 36.6 Å². The summed E-state index contributed by atoms with van der Waals surface area (Å²) < 4.78 is 62.7. The molecule has 1 amide bonds. The number of amides is 1. The first kappa shape index (κ1) is 17.9. The average Bonchev–Trinajstić information content (AvgIpc) is 3.02. The number of anilines is 1. The Kier molecular flexibility index (Phi) is 4.40. The van der Waals surface area contributed by atoms with Crippen molar-refractivity contribution in [2.45, 2.75) is 23.2 Å². The normalized spacial score (nSPS) is 15.1. The van der Waals surface area contributed by atoms with Crippen molar-refractivity contribution in [2.75, 3.05) is 17.7 Å². The maximum Gasteiger partial charge on any atom is 0.416 e. The van der Waals surface area contributed by atoms with Crippen molar-refractivity contribution >= 4 is 32.8 Å². The van der Waals surface area contributed by atoms with Crippen LogP contribution in [0.5, 0.6) is 0 Å². The number of hydrogen-bond donors (Lipinski definition) is 0. The van der Waals surface area contributed by atoms with Gasteiger partial charge in [-0.3, -0.25) is 4.79 Å². The van der Waals surface area contributed by atoms with E-state index in [0.29, 0.717) is 6.42 Å². The first-order valence-corrected chi connectivity index (χ1v) is 10.2. The lowest BCUT2D eigenvalue weighted by molar-refractivity contribution is -0.138. The molecule has 0 radical (unpaired) electrons. The van der Waals surface area contributed by atoms with E-state index in [4.69, 9.17) is 0 Å². The van der Waals surface area contributed by atoms with E-state index >= 15 is 0 Å². The molecule has 0 spiro atoms. The molecule has 4 nitrogen and oxygen atoms in total. The fourth-order valence-electron chi connectivity index (χ4n) is 2.88. The minimum atomic E-state index is -4.48. The highest BCUT2D eigenvalue weighted by Gasteiger charge is 2.36. The topological polar surface area (TPSA) is 54.5 Å². The summed E-state index contributed by atoms with van der Waals surface area (Å²) in [6, 6.07) is 5.05. The van der Waals surface area contributed by atoms with Crippen LogP contribution in [0.15, 0.2) is 33.9 Å². The molecule has 0 N–H and O–H groups in total. The molecule has 1 aromatic heterocycles. The Bertz CT molecular complexity index is 932. The Labute approximate surface area is 146 Å². The lowest BCUT2D eigenvalue weighted by atomic mass is 9.95. The van der Waals surface area contributed by atoms with Crippen molar-refractivity contribution in [3.05, 3.63) is 46.3 Å². The van der Waals surface area contributed by atoms with Crippen LogP contribution in [0.1, 0.15) is 27.9 Å². The predicted octanol–water partition coefficient (Wildman–Crippen LogP) is 3.76. The van der Waals surface area contributed by atoms with Gasteiger partial charge in [0.25, 0.3) is 5.91 Å². The second-order valence-electron chi connectivity index (χ2n) is 5.79. The molecule has 0 saturated carbocycles. The van der Waals surface area contributed by atoms with Crippen molar-refractivity contribution in [3.63, 3.8) is 0 Å². The predicted molar refractivity (Wildman–Crippen MR) is 88.9 cm³/mol. The minimum absolute atomic E-state index is 0.0529. The van der Waals surface area contributed by atoms with E-state index in [2.05, 4.69) is 0 Å². The number of rotatable bonds is 2. The monoisotopic (exact) mass is 389 g/mol. The van der Waals surface area contributed by atoms with Crippen LogP contribution < -0.4 is 4.90 Å². The van der Waals surface area contributed by atoms with Crippen molar-refractivity contribution < 1.29 is 26.4 Å². The van der Waals surface area contributed by atoms with Gasteiger partial charge in [0, 0.05) is 23.9 Å². The third kappa shape index (κ3) is 3.43. The number of thiophene rings is 1. The molecule has 0 aliphatic carbocycles. The molecule has 2 aromatic rings. The molecule has 25 heavy (non-hydrogen) atoms. The number of alkyl halides is 3. The Morgan fingerprint density at radius 3 is 2.60 bits per heavy atom. The van der Waals surface area contributed by atoms with Crippen LogP contribution in [0.3, 0.4) is 0 Å². The summed E-state index contributed by atoms with van der Waals surface area (Å²) in [7, 11) is -3.43. The maximum absolute atomic E-state index is 13.2. The minimum Gasteiger partial charge on any atom is -0.308 e. The second-order valence-corrected chi connectivity index (χ2v) is 8.94. The zero-order valence-corrected chi connectivity index (χ0v) is 14.8. The van der Waals surface area contributed by atoms with Gasteiger partial charge in [-0.1, -0.05) is 6.07 Å². The van der Waals surface area contributed by atoms with Crippen LogP contribution >= 0.6 is 11.3 Å². The number of fused-ring (bicyclic) bond motifs is 1. The van der Waals surface area contributed by atoms with Crippen molar-refractivity contribution in [3.8, 4) is 0 Å². The molecule has 0 atom stereocenters. The highest BCUT2D eigenvalue weighted by atomic mass is 32.2. The molecule has 3 rings (SSSR count). The number of carbonyl (C=O) groups is 1. The lowest BCUT2D eigenvalue weighted by Gasteiger charge is -2.31. The molecular formula is C16H14F3NO3S2. The summed E-state index contributed by atoms with van der Waals surface area (Å²) >= 11 is 0.922. The molecule has 0 unspecified atom stereocenters. The zero-order chi connectivity index (χ0) is 18.4. The third-order valence-corrected chi connectivity index (χ3v) is 6.76. The van der Waals surface area contributed by atoms with Crippen LogP contribution in [-0.2, 0) is 22.4 Å². The molecule has 1 aromatic carbocycles. The molecule has 9 heteroatoms. The average molecular weight is 389 g/mol. The van der Waals surface area contributed by atoms with E-state index in [1.54, 1.807) is 0 Å². The fraction of sp³-hybridized carbons (Fsp3) is 0.312. The highest BCUT2D eigenvalue weighted by Crippen LogP contribution is 2.39. The van der Waals surface area contributed by atoms with E-state index in [-0.39, 0.29) is 34.0 Å². The third-order valence-electron chi connectivity index (χ3n) is 3.99. The van der Waals surface area contributed by atoms with Gasteiger partial charge in [0.15, 0.2) is 9.84 Å². The van der Waals surface area contributed by atoms with Gasteiger partial charge < -0.3 is 4.90 Å². The van der Waals surface area contributed by atoms with Gasteiger partial charge in [0.1, 0.15) is 4.21 Å². The largest absolute Gasteiger partial charge is 0.416 e. The number of halogens is 3. The molecule has 2 heterocycles. The van der Waals surface area contributed by atoms with E-state index in [0.717, 1.165) is 23.7 Å². The zero-order valence-electron chi connectivity index (χ0n) is 13.1. The van der Waals surface area contributed by atoms with Gasteiger partial charge in [-0.15, -0.1) is 11.3 Å². The summed E-state index contributed by atoms with van der Waals surface area (Å²) in [5, 5.41) is 1.42. The fourth-order valence-corrected chi connectivity index (χ4v) is 4.67. The summed E-state index contributed by atoms with van der Waals surface area (Å²) in [5.41, 5.74) is -0.230. The van der Waals surface area contributed by atoms with Gasteiger partial charge in [-0.25, -0.2) is 8.42 Å². The summed E-state index contributed by atoms with van der Waals surface area (Å²) in [5.74, 6) is -0.494. The number of hydrogen-bond acceptors (Lipinski definition) is 4. The smallest absolute Gasteiger partial charge is 0.308 e. The molecule has 0 bridgehead atoms. The first-order chi connectivity index (χ1) is 11.6. The molecular weight excluding hydrogens is 375 g/mol. The van der Waals surface area contributed by atoms with E-state index < -0.39 is 27.5 Å². The van der Waals surface area contributed by atoms with Crippen LogP contribution in [0.4, 0.5) is 18.9 Å². The van der Waals surface area contributed by atoms with Gasteiger partial charge >= 0.3 is 6.18 Å². The molecule has 0 saturated heterocycles. The number of benzene rings is 1. The number of nitrogens with zero attached hydrogens (tertiary/aromatic N) is 1. The van der Waals surface area contributed by atoms with E-state index in [9.17, 15) is 26.4 Å². The second kappa shape index (κ2) is 6.14. The van der Waals surface area contributed by atoms with Gasteiger partial charge in [0.2, 0.25) is 0 Å². The quantitative estimate of drug-likeness (QED) is 0.786. The number of carbonyl (C=O) groups excluding carboxylic acids is 1. The molecule has 0 fully saturated rings. The molecule has 1 aliphatic rings. The first-order valence-electron chi connectivity index (χ1n) is 7.38. The Hall–Kier alpha value is -1.87. The van der Waals surface area contributed by atoms with Crippen LogP contribution in [0, 0.1) is 0 Å². The maximum atomic E-state index is 13.2. The number of sulfone groups is 1. The van der Waals surface area contributed by atoms with E-state index in [1.807, 2.05) is 0 Å². The Morgan fingerprint density at radius 1 is 1.28 bits per heavy atom. The van der Waals surface area contributed by atoms with Crippen molar-refractivity contribution in [2.24, 2.45) is 0 Å². The lowest BCUT2D eigenvalue weighted by Crippen LogP contribution is -2.36. The van der Waals surface area contributed by atoms with Crippen molar-refractivity contribution in [1.82, 2.24) is 0 Å². The van der Waals surface area contributed by atoms with E-state index in [1.165, 1.54) is 28.5 Å². The van der Waals surface area contributed by atoms with Crippen LogP contribution in [0.25, 0.3) is 0 Å². The Morgan fingerprint density at radius 2 is 2.00 bits per heavy atom. The van der Waals surface area contributed by atoms with Gasteiger partial charge in [0.05, 0.1) is 11.1 Å². The van der Waals surface area contributed by atoms with Crippen LogP contribution in [-0.4, -0.2) is 27.1 Å².